The van der Waals surface area contributed by atoms with Gasteiger partial charge in [-0.2, -0.15) is 0 Å². The van der Waals surface area contributed by atoms with Crippen LogP contribution in [0.3, 0.4) is 0 Å². The van der Waals surface area contributed by atoms with E-state index in [1.807, 2.05) is 54.9 Å². The Morgan fingerprint density at radius 3 is 2.77 bits per heavy atom. The number of rotatable bonds is 3. The number of fused-ring (bicyclic) bond motifs is 1. The van der Waals surface area contributed by atoms with Gasteiger partial charge in [0.15, 0.2) is 11.0 Å². The Morgan fingerprint density at radius 1 is 1.07 bits per heavy atom. The minimum absolute atomic E-state index is 0.660. The summed E-state index contributed by atoms with van der Waals surface area (Å²) in [6, 6.07) is 15.5. The van der Waals surface area contributed by atoms with E-state index in [1.54, 1.807) is 11.8 Å². The van der Waals surface area contributed by atoms with Gasteiger partial charge in [-0.3, -0.25) is 10.9 Å². The third kappa shape index (κ3) is 3.91. The van der Waals surface area contributed by atoms with Gasteiger partial charge in [-0.25, -0.2) is 20.0 Å². The van der Waals surface area contributed by atoms with E-state index < -0.39 is 0 Å². The summed E-state index contributed by atoms with van der Waals surface area (Å²) < 4.78 is 2.05. The van der Waals surface area contributed by atoms with Crippen LogP contribution >= 0.6 is 34.7 Å². The second-order valence-corrected chi connectivity index (χ2v) is 8.73. The number of amidine groups is 2. The zero-order valence-electron chi connectivity index (χ0n) is 15.8. The van der Waals surface area contributed by atoms with Crippen LogP contribution in [0.2, 0.25) is 5.02 Å². The van der Waals surface area contributed by atoms with Crippen LogP contribution in [0, 0.1) is 0 Å². The molecular formula is C20H16ClN7S2. The largest absolute Gasteiger partial charge is 0.326 e. The standard InChI is InChI=1S/C20H16ClN7S2/c1-28-16-8-3-2-7-14(16)23-18(28)15-10-29-19(24-15)25-17-11-30-20(27-26-17)22-13-6-4-5-12(21)9-13/h2-10H,11H2,1H3,(H,22,27)(H,24,25,26). The number of hydrogen-bond donors (Lipinski definition) is 2. The lowest BCUT2D eigenvalue weighted by molar-refractivity contribution is 0.865. The van der Waals surface area contributed by atoms with Crippen LogP contribution in [0.25, 0.3) is 22.6 Å². The fraction of sp³-hybridized carbons (Fsp3) is 0.100. The van der Waals surface area contributed by atoms with Gasteiger partial charge in [-0.15, -0.1) is 11.3 Å². The minimum atomic E-state index is 0.660. The van der Waals surface area contributed by atoms with Crippen molar-refractivity contribution in [1.82, 2.24) is 25.4 Å². The molecule has 0 saturated carbocycles. The zero-order valence-corrected chi connectivity index (χ0v) is 18.2. The lowest BCUT2D eigenvalue weighted by Crippen LogP contribution is -2.46. The van der Waals surface area contributed by atoms with Gasteiger partial charge in [-0.05, 0) is 30.3 Å². The van der Waals surface area contributed by atoms with Crippen LogP contribution in [0.4, 0.5) is 10.8 Å². The van der Waals surface area contributed by atoms with E-state index in [0.717, 1.165) is 39.2 Å². The van der Waals surface area contributed by atoms with E-state index in [1.165, 1.54) is 11.3 Å². The zero-order chi connectivity index (χ0) is 20.5. The van der Waals surface area contributed by atoms with E-state index in [4.69, 9.17) is 16.6 Å². The third-order valence-corrected chi connectivity index (χ3v) is 6.29. The number of aromatic nitrogens is 3. The van der Waals surface area contributed by atoms with E-state index in [0.29, 0.717) is 15.9 Å². The summed E-state index contributed by atoms with van der Waals surface area (Å²) in [6.45, 7) is 0. The van der Waals surface area contributed by atoms with Crippen LogP contribution in [0.5, 0.6) is 0 Å². The van der Waals surface area contributed by atoms with Crippen molar-refractivity contribution in [3.63, 3.8) is 0 Å². The number of para-hydroxylation sites is 2. The number of thiazole rings is 1. The predicted molar refractivity (Wildman–Crippen MR) is 126 cm³/mol. The number of hydrazine groups is 1. The third-order valence-electron chi connectivity index (χ3n) is 4.44. The number of aryl methyl sites for hydroxylation is 1. The SMILES string of the molecule is Cn1c(-c2csc(/N=C3\CSC(=Nc4cccc(Cl)c4)NN3)n2)nc2ccccc21. The molecule has 1 aliphatic heterocycles. The highest BCUT2D eigenvalue weighted by Gasteiger charge is 2.15. The molecule has 2 aromatic carbocycles. The number of nitrogens with zero attached hydrogens (tertiary/aromatic N) is 5. The molecule has 5 rings (SSSR count). The maximum absolute atomic E-state index is 6.01. The van der Waals surface area contributed by atoms with Crippen LogP contribution in [0.15, 0.2) is 63.9 Å². The lowest BCUT2D eigenvalue weighted by Gasteiger charge is -2.18. The Kier molecular flexibility index (Phi) is 5.16. The van der Waals surface area contributed by atoms with E-state index in [-0.39, 0.29) is 0 Å². The highest BCUT2D eigenvalue weighted by molar-refractivity contribution is 8.14. The molecule has 0 amide bonds. The number of imidazole rings is 1. The normalized spacial score (nSPS) is 16.7. The van der Waals surface area contributed by atoms with Crippen molar-refractivity contribution in [1.29, 1.82) is 0 Å². The monoisotopic (exact) mass is 453 g/mol. The molecule has 150 valence electrons. The minimum Gasteiger partial charge on any atom is -0.326 e. The summed E-state index contributed by atoms with van der Waals surface area (Å²) in [7, 11) is 2.00. The van der Waals surface area contributed by atoms with Crippen molar-refractivity contribution < 1.29 is 0 Å². The van der Waals surface area contributed by atoms with Crippen molar-refractivity contribution in [3.8, 4) is 11.5 Å². The molecule has 0 bridgehead atoms. The Balaban J connectivity index is 1.31. The van der Waals surface area contributed by atoms with E-state index in [2.05, 4.69) is 36.5 Å². The van der Waals surface area contributed by atoms with Crippen LogP contribution < -0.4 is 10.9 Å². The number of hydrogen-bond acceptors (Lipinski definition) is 6. The number of aliphatic imine (C=N–C) groups is 2. The molecule has 0 atom stereocenters. The van der Waals surface area contributed by atoms with Gasteiger partial charge < -0.3 is 4.57 Å². The first-order valence-electron chi connectivity index (χ1n) is 9.10. The van der Waals surface area contributed by atoms with Gasteiger partial charge >= 0.3 is 0 Å². The lowest BCUT2D eigenvalue weighted by atomic mass is 10.3. The van der Waals surface area contributed by atoms with Crippen molar-refractivity contribution in [3.05, 3.63) is 58.9 Å². The van der Waals surface area contributed by atoms with Gasteiger partial charge in [0.2, 0.25) is 5.13 Å². The summed E-state index contributed by atoms with van der Waals surface area (Å²) in [5.41, 5.74) is 9.82. The Hall–Kier alpha value is -2.88. The highest BCUT2D eigenvalue weighted by Crippen LogP contribution is 2.29. The van der Waals surface area contributed by atoms with Gasteiger partial charge in [0, 0.05) is 17.5 Å². The van der Waals surface area contributed by atoms with Gasteiger partial charge in [-0.1, -0.05) is 41.6 Å². The molecule has 1 aliphatic rings. The molecular weight excluding hydrogens is 438 g/mol. The summed E-state index contributed by atoms with van der Waals surface area (Å²) in [5, 5.41) is 4.08. The summed E-state index contributed by atoms with van der Waals surface area (Å²) in [6.07, 6.45) is 0. The molecule has 2 aromatic heterocycles. The molecule has 0 radical (unpaired) electrons. The first kappa shape index (κ1) is 19.1. The molecule has 10 heteroatoms. The molecule has 2 N–H and O–H groups in total. The molecule has 7 nitrogen and oxygen atoms in total. The number of thioether (sulfide) groups is 1. The summed E-state index contributed by atoms with van der Waals surface area (Å²) in [4.78, 5) is 18.5. The van der Waals surface area contributed by atoms with Gasteiger partial charge in [0.25, 0.3) is 0 Å². The van der Waals surface area contributed by atoms with Gasteiger partial charge in [0.05, 0.1) is 22.5 Å². The van der Waals surface area contributed by atoms with E-state index in [9.17, 15) is 0 Å². The molecule has 0 unspecified atom stereocenters. The first-order valence-corrected chi connectivity index (χ1v) is 11.3. The van der Waals surface area contributed by atoms with Crippen LogP contribution in [-0.2, 0) is 7.05 Å². The fourth-order valence-corrected chi connectivity index (χ4v) is 4.60. The van der Waals surface area contributed by atoms with Crippen molar-refractivity contribution in [2.45, 2.75) is 0 Å². The fourth-order valence-electron chi connectivity index (χ4n) is 3.03. The van der Waals surface area contributed by atoms with Crippen LogP contribution in [-0.4, -0.2) is 31.3 Å². The topological polar surface area (TPSA) is 79.5 Å². The van der Waals surface area contributed by atoms with Crippen molar-refractivity contribution >= 4 is 67.6 Å². The number of benzene rings is 2. The summed E-state index contributed by atoms with van der Waals surface area (Å²) >= 11 is 9.06. The average molecular weight is 454 g/mol. The van der Waals surface area contributed by atoms with Gasteiger partial charge in [0.1, 0.15) is 11.5 Å². The van der Waals surface area contributed by atoms with E-state index >= 15 is 0 Å². The van der Waals surface area contributed by atoms with Crippen molar-refractivity contribution in [2.24, 2.45) is 17.0 Å². The Morgan fingerprint density at radius 2 is 1.97 bits per heavy atom. The molecule has 1 fully saturated rings. The molecule has 1 saturated heterocycles. The molecule has 4 aromatic rings. The Bertz CT molecular complexity index is 1280. The second kappa shape index (κ2) is 8.10. The molecule has 0 aliphatic carbocycles. The molecule has 30 heavy (non-hydrogen) atoms. The highest BCUT2D eigenvalue weighted by atomic mass is 35.5. The maximum Gasteiger partial charge on any atom is 0.211 e. The molecule has 3 heterocycles. The smallest absolute Gasteiger partial charge is 0.211 e. The number of nitrogens with one attached hydrogen (secondary N) is 2. The maximum atomic E-state index is 6.01. The summed E-state index contributed by atoms with van der Waals surface area (Å²) in [5.74, 6) is 2.28. The first-order chi connectivity index (χ1) is 14.7. The quantitative estimate of drug-likeness (QED) is 0.460. The second-order valence-electron chi connectivity index (χ2n) is 6.49. The predicted octanol–water partition coefficient (Wildman–Crippen LogP) is 4.91. The number of halogens is 1. The Labute approximate surface area is 185 Å². The average Bonchev–Trinajstić information content (AvgIpc) is 3.34. The van der Waals surface area contributed by atoms with Crippen molar-refractivity contribution in [2.75, 3.05) is 5.75 Å². The molecule has 0 spiro atoms. The van der Waals surface area contributed by atoms with Crippen LogP contribution in [0.1, 0.15) is 0 Å².